The molecule has 0 aliphatic carbocycles. The summed E-state index contributed by atoms with van der Waals surface area (Å²) in [7, 11) is 0. The van der Waals surface area contributed by atoms with Crippen LogP contribution in [0, 0.1) is 0 Å². The minimum atomic E-state index is 0.913. The van der Waals surface area contributed by atoms with E-state index in [0.717, 1.165) is 44.8 Å². The molecule has 0 aromatic carbocycles. The number of nitrogens with one attached hydrogen (secondary N) is 1. The van der Waals surface area contributed by atoms with Crippen LogP contribution in [-0.2, 0) is 6.42 Å². The van der Waals surface area contributed by atoms with Gasteiger partial charge in [-0.1, -0.05) is 0 Å². The summed E-state index contributed by atoms with van der Waals surface area (Å²) in [5.41, 5.74) is 2.16. The SMILES string of the molecule is c1cc2ncc(CCN3CCNCC3)cn2n1. The lowest BCUT2D eigenvalue weighted by molar-refractivity contribution is 0.243. The third kappa shape index (κ3) is 2.45. The zero-order chi connectivity index (χ0) is 11.5. The van der Waals surface area contributed by atoms with Crippen molar-refractivity contribution >= 4 is 5.65 Å². The molecule has 1 fully saturated rings. The van der Waals surface area contributed by atoms with Gasteiger partial charge < -0.3 is 10.2 Å². The van der Waals surface area contributed by atoms with Crippen LogP contribution in [0.2, 0.25) is 0 Å². The molecular weight excluding hydrogens is 214 g/mol. The van der Waals surface area contributed by atoms with Gasteiger partial charge in [-0.05, 0) is 12.0 Å². The third-order valence-corrected chi connectivity index (χ3v) is 3.23. The van der Waals surface area contributed by atoms with Gasteiger partial charge in [-0.15, -0.1) is 0 Å². The van der Waals surface area contributed by atoms with Gasteiger partial charge in [0.1, 0.15) is 0 Å². The minimum Gasteiger partial charge on any atom is -0.314 e. The first-order valence-corrected chi connectivity index (χ1v) is 6.13. The van der Waals surface area contributed by atoms with Crippen molar-refractivity contribution in [1.82, 2.24) is 24.8 Å². The summed E-state index contributed by atoms with van der Waals surface area (Å²) in [6, 6.07) is 1.92. The molecule has 17 heavy (non-hydrogen) atoms. The van der Waals surface area contributed by atoms with Crippen LogP contribution in [0.15, 0.2) is 24.7 Å². The summed E-state index contributed by atoms with van der Waals surface area (Å²) in [4.78, 5) is 6.86. The molecule has 0 spiro atoms. The Hall–Kier alpha value is -1.46. The maximum absolute atomic E-state index is 4.37. The van der Waals surface area contributed by atoms with Gasteiger partial charge in [0.25, 0.3) is 0 Å². The quantitative estimate of drug-likeness (QED) is 0.818. The first kappa shape index (κ1) is 10.7. The van der Waals surface area contributed by atoms with E-state index in [1.54, 1.807) is 6.20 Å². The van der Waals surface area contributed by atoms with Crippen LogP contribution in [0.1, 0.15) is 5.56 Å². The molecule has 0 radical (unpaired) electrons. The van der Waals surface area contributed by atoms with Crippen molar-refractivity contribution in [2.75, 3.05) is 32.7 Å². The summed E-state index contributed by atoms with van der Waals surface area (Å²) in [6.07, 6.45) is 6.86. The van der Waals surface area contributed by atoms with Gasteiger partial charge in [0, 0.05) is 51.2 Å². The van der Waals surface area contributed by atoms with Gasteiger partial charge in [-0.3, -0.25) is 0 Å². The topological polar surface area (TPSA) is 45.5 Å². The van der Waals surface area contributed by atoms with Gasteiger partial charge in [0.05, 0.1) is 6.20 Å². The minimum absolute atomic E-state index is 0.913. The lowest BCUT2D eigenvalue weighted by Crippen LogP contribution is -2.44. The van der Waals surface area contributed by atoms with Crippen molar-refractivity contribution in [2.45, 2.75) is 6.42 Å². The lowest BCUT2D eigenvalue weighted by Gasteiger charge is -2.26. The molecule has 0 unspecified atom stereocenters. The van der Waals surface area contributed by atoms with Crippen LogP contribution in [0.25, 0.3) is 5.65 Å². The normalized spacial score (nSPS) is 17.6. The van der Waals surface area contributed by atoms with Gasteiger partial charge in [-0.25, -0.2) is 9.50 Å². The van der Waals surface area contributed by atoms with E-state index < -0.39 is 0 Å². The first-order valence-electron chi connectivity index (χ1n) is 6.13. The van der Waals surface area contributed by atoms with Crippen molar-refractivity contribution < 1.29 is 0 Å². The Balaban J connectivity index is 1.63. The Morgan fingerprint density at radius 1 is 1.29 bits per heavy atom. The Morgan fingerprint density at radius 3 is 3.06 bits per heavy atom. The number of fused-ring (bicyclic) bond motifs is 1. The summed E-state index contributed by atoms with van der Waals surface area (Å²) < 4.78 is 1.84. The summed E-state index contributed by atoms with van der Waals surface area (Å²) in [5, 5.41) is 7.57. The lowest BCUT2D eigenvalue weighted by atomic mass is 10.2. The highest BCUT2D eigenvalue weighted by Crippen LogP contribution is 2.04. The summed E-state index contributed by atoms with van der Waals surface area (Å²) in [5.74, 6) is 0. The predicted molar refractivity (Wildman–Crippen MR) is 66.0 cm³/mol. The van der Waals surface area contributed by atoms with E-state index in [0.29, 0.717) is 0 Å². The molecule has 0 amide bonds. The molecule has 3 heterocycles. The number of rotatable bonds is 3. The van der Waals surface area contributed by atoms with Gasteiger partial charge >= 0.3 is 0 Å². The van der Waals surface area contributed by atoms with Crippen LogP contribution in [0.4, 0.5) is 0 Å². The molecule has 0 saturated carbocycles. The average molecular weight is 231 g/mol. The number of hydrogen-bond acceptors (Lipinski definition) is 4. The highest BCUT2D eigenvalue weighted by Gasteiger charge is 2.09. The molecule has 1 aliphatic heterocycles. The molecule has 90 valence electrons. The van der Waals surface area contributed by atoms with Crippen LogP contribution >= 0.6 is 0 Å². The van der Waals surface area contributed by atoms with Crippen molar-refractivity contribution in [3.05, 3.63) is 30.2 Å². The van der Waals surface area contributed by atoms with E-state index in [1.807, 2.05) is 16.8 Å². The Bertz CT molecular complexity index is 486. The Kier molecular flexibility index (Phi) is 3.02. The molecule has 2 aromatic heterocycles. The van der Waals surface area contributed by atoms with E-state index in [4.69, 9.17) is 0 Å². The van der Waals surface area contributed by atoms with Crippen molar-refractivity contribution in [1.29, 1.82) is 0 Å². The zero-order valence-electron chi connectivity index (χ0n) is 9.84. The monoisotopic (exact) mass is 231 g/mol. The van der Waals surface area contributed by atoms with E-state index >= 15 is 0 Å². The molecule has 3 rings (SSSR count). The number of hydrogen-bond donors (Lipinski definition) is 1. The highest BCUT2D eigenvalue weighted by molar-refractivity contribution is 5.35. The molecule has 0 bridgehead atoms. The van der Waals surface area contributed by atoms with Crippen molar-refractivity contribution in [3.8, 4) is 0 Å². The predicted octanol–water partition coefficient (Wildman–Crippen LogP) is 0.177. The van der Waals surface area contributed by atoms with Gasteiger partial charge in [-0.2, -0.15) is 5.10 Å². The second kappa shape index (κ2) is 4.81. The van der Waals surface area contributed by atoms with E-state index in [-0.39, 0.29) is 0 Å². The van der Waals surface area contributed by atoms with E-state index in [2.05, 4.69) is 26.5 Å². The molecule has 1 saturated heterocycles. The fraction of sp³-hybridized carbons (Fsp3) is 0.500. The zero-order valence-corrected chi connectivity index (χ0v) is 9.84. The second-order valence-corrected chi connectivity index (χ2v) is 4.44. The van der Waals surface area contributed by atoms with E-state index in [1.165, 1.54) is 5.56 Å². The van der Waals surface area contributed by atoms with E-state index in [9.17, 15) is 0 Å². The highest BCUT2D eigenvalue weighted by atomic mass is 15.2. The fourth-order valence-electron chi connectivity index (χ4n) is 2.20. The summed E-state index contributed by atoms with van der Waals surface area (Å²) >= 11 is 0. The van der Waals surface area contributed by atoms with Crippen LogP contribution in [-0.4, -0.2) is 52.2 Å². The molecule has 5 heteroatoms. The molecule has 2 aromatic rings. The Labute approximate surface area is 100 Å². The van der Waals surface area contributed by atoms with Crippen molar-refractivity contribution in [2.24, 2.45) is 0 Å². The van der Waals surface area contributed by atoms with Crippen LogP contribution in [0.5, 0.6) is 0 Å². The first-order chi connectivity index (χ1) is 8.42. The third-order valence-electron chi connectivity index (χ3n) is 3.23. The maximum Gasteiger partial charge on any atom is 0.154 e. The molecule has 1 N–H and O–H groups in total. The Morgan fingerprint density at radius 2 is 2.18 bits per heavy atom. The van der Waals surface area contributed by atoms with Crippen molar-refractivity contribution in [3.63, 3.8) is 0 Å². The number of aromatic nitrogens is 3. The number of piperazine rings is 1. The molecule has 5 nitrogen and oxygen atoms in total. The average Bonchev–Trinajstić information content (AvgIpc) is 2.85. The van der Waals surface area contributed by atoms with Gasteiger partial charge in [0.15, 0.2) is 5.65 Å². The largest absolute Gasteiger partial charge is 0.314 e. The maximum atomic E-state index is 4.37. The van der Waals surface area contributed by atoms with Crippen LogP contribution in [0.3, 0.4) is 0 Å². The summed E-state index contributed by atoms with van der Waals surface area (Å²) in [6.45, 7) is 5.62. The number of nitrogens with zero attached hydrogens (tertiary/aromatic N) is 4. The molecule has 0 atom stereocenters. The fourth-order valence-corrected chi connectivity index (χ4v) is 2.20. The molecular formula is C12H17N5. The molecule has 1 aliphatic rings. The standard InChI is InChI=1S/C12H17N5/c1-3-15-17-10-11(9-14-12(1)17)2-6-16-7-4-13-5-8-16/h1,3,9-10,13H,2,4-8H2. The van der Waals surface area contributed by atoms with Crippen LogP contribution < -0.4 is 5.32 Å². The smallest absolute Gasteiger partial charge is 0.154 e. The second-order valence-electron chi connectivity index (χ2n) is 4.44. The van der Waals surface area contributed by atoms with Gasteiger partial charge in [0.2, 0.25) is 0 Å².